The van der Waals surface area contributed by atoms with Crippen molar-refractivity contribution in [1.82, 2.24) is 15.1 Å². The molecule has 31 heavy (non-hydrogen) atoms. The zero-order valence-electron chi connectivity index (χ0n) is 18.2. The SMILES string of the molecule is C=CC(=O)N1CCC=C(c2ccc(C(C(=O)Nc3cc(C4CC4)[nH]n3)C(C)C)cc2)C1. The van der Waals surface area contributed by atoms with Crippen molar-refractivity contribution in [1.29, 1.82) is 0 Å². The molecular formula is C25H30N4O2. The lowest BCUT2D eigenvalue weighted by Gasteiger charge is -2.27. The van der Waals surface area contributed by atoms with E-state index in [1.165, 1.54) is 18.9 Å². The minimum atomic E-state index is -0.269. The number of H-pyrrole nitrogens is 1. The Balaban J connectivity index is 1.47. The fraction of sp³-hybridized carbons (Fsp3) is 0.400. The molecule has 1 saturated carbocycles. The number of anilines is 1. The number of nitrogens with one attached hydrogen (secondary N) is 2. The highest BCUT2D eigenvalue weighted by Crippen LogP contribution is 2.39. The molecule has 1 aromatic carbocycles. The van der Waals surface area contributed by atoms with Crippen LogP contribution in [0.1, 0.15) is 61.8 Å². The van der Waals surface area contributed by atoms with Crippen LogP contribution in [0.3, 0.4) is 0 Å². The lowest BCUT2D eigenvalue weighted by atomic mass is 9.86. The van der Waals surface area contributed by atoms with Gasteiger partial charge in [0.25, 0.3) is 0 Å². The first-order chi connectivity index (χ1) is 15.0. The van der Waals surface area contributed by atoms with Gasteiger partial charge >= 0.3 is 0 Å². The van der Waals surface area contributed by atoms with Crippen LogP contribution in [-0.4, -0.2) is 40.0 Å². The molecule has 1 aliphatic heterocycles. The number of aromatic nitrogens is 2. The van der Waals surface area contributed by atoms with Crippen LogP contribution < -0.4 is 5.32 Å². The van der Waals surface area contributed by atoms with Gasteiger partial charge in [-0.3, -0.25) is 14.7 Å². The minimum Gasteiger partial charge on any atom is -0.335 e. The first-order valence-corrected chi connectivity index (χ1v) is 11.0. The van der Waals surface area contributed by atoms with Gasteiger partial charge in [-0.1, -0.05) is 50.8 Å². The van der Waals surface area contributed by atoms with Crippen molar-refractivity contribution in [2.45, 2.75) is 44.9 Å². The molecule has 2 aliphatic rings. The Labute approximate surface area is 183 Å². The highest BCUT2D eigenvalue weighted by atomic mass is 16.2. The molecule has 6 nitrogen and oxygen atoms in total. The Morgan fingerprint density at radius 2 is 2.00 bits per heavy atom. The number of amides is 2. The summed E-state index contributed by atoms with van der Waals surface area (Å²) in [6.45, 7) is 9.00. The molecule has 0 radical (unpaired) electrons. The molecule has 1 aliphatic carbocycles. The summed E-state index contributed by atoms with van der Waals surface area (Å²) in [5, 5.41) is 10.3. The molecule has 0 bridgehead atoms. The second kappa shape index (κ2) is 8.92. The van der Waals surface area contributed by atoms with Gasteiger partial charge in [-0.05, 0) is 48.0 Å². The van der Waals surface area contributed by atoms with Crippen molar-refractivity contribution in [3.05, 3.63) is 65.9 Å². The lowest BCUT2D eigenvalue weighted by Crippen LogP contribution is -2.34. The molecule has 6 heteroatoms. The number of carbonyl (C=O) groups excluding carboxylic acids is 2. The van der Waals surface area contributed by atoms with Crippen LogP contribution in [-0.2, 0) is 9.59 Å². The maximum absolute atomic E-state index is 13.1. The quantitative estimate of drug-likeness (QED) is 0.652. The highest BCUT2D eigenvalue weighted by Gasteiger charge is 2.28. The summed E-state index contributed by atoms with van der Waals surface area (Å²) in [5.74, 6) is 0.946. The predicted molar refractivity (Wildman–Crippen MR) is 123 cm³/mol. The molecule has 2 aromatic rings. The number of rotatable bonds is 7. The summed E-state index contributed by atoms with van der Waals surface area (Å²) in [6, 6.07) is 10.1. The first-order valence-electron chi connectivity index (χ1n) is 11.0. The minimum absolute atomic E-state index is 0.0398. The van der Waals surface area contributed by atoms with E-state index in [1.54, 1.807) is 4.90 Å². The number of aromatic amines is 1. The van der Waals surface area contributed by atoms with Crippen LogP contribution >= 0.6 is 0 Å². The van der Waals surface area contributed by atoms with Gasteiger partial charge in [-0.25, -0.2) is 0 Å². The zero-order valence-corrected chi connectivity index (χ0v) is 18.2. The van der Waals surface area contributed by atoms with E-state index in [-0.39, 0.29) is 23.7 Å². The third kappa shape index (κ3) is 4.79. The van der Waals surface area contributed by atoms with Gasteiger partial charge in [0, 0.05) is 30.8 Å². The van der Waals surface area contributed by atoms with E-state index < -0.39 is 0 Å². The summed E-state index contributed by atoms with van der Waals surface area (Å²) in [6.07, 6.45) is 6.76. The smallest absolute Gasteiger partial charge is 0.246 e. The number of carbonyl (C=O) groups is 2. The molecule has 1 atom stereocenters. The molecule has 0 saturated heterocycles. The van der Waals surface area contributed by atoms with Crippen molar-refractivity contribution in [2.24, 2.45) is 5.92 Å². The Morgan fingerprint density at radius 3 is 2.65 bits per heavy atom. The molecule has 1 fully saturated rings. The number of nitrogens with zero attached hydrogens (tertiary/aromatic N) is 2. The van der Waals surface area contributed by atoms with E-state index in [1.807, 2.05) is 30.3 Å². The van der Waals surface area contributed by atoms with Crippen LogP contribution in [0.25, 0.3) is 5.57 Å². The van der Waals surface area contributed by atoms with E-state index in [4.69, 9.17) is 0 Å². The Hall–Kier alpha value is -3.15. The van der Waals surface area contributed by atoms with Gasteiger partial charge in [0.15, 0.2) is 5.82 Å². The maximum Gasteiger partial charge on any atom is 0.246 e. The summed E-state index contributed by atoms with van der Waals surface area (Å²) in [5.41, 5.74) is 4.28. The van der Waals surface area contributed by atoms with E-state index in [9.17, 15) is 9.59 Å². The number of benzene rings is 1. The standard InChI is InChI=1S/C25H30N4O2/c1-4-23(30)29-13-5-6-20(15-29)17-7-11-19(12-8-17)24(16(2)3)25(31)26-22-14-21(27-28-22)18-9-10-18/h4,6-8,11-12,14,16,18,24H,1,5,9-10,13,15H2,2-3H3,(H2,26,27,28,31). The van der Waals surface area contributed by atoms with Gasteiger partial charge in [-0.2, -0.15) is 5.10 Å². The second-order valence-electron chi connectivity index (χ2n) is 8.80. The van der Waals surface area contributed by atoms with Gasteiger partial charge in [0.2, 0.25) is 11.8 Å². The Kier molecular flexibility index (Phi) is 6.07. The maximum atomic E-state index is 13.1. The summed E-state index contributed by atoms with van der Waals surface area (Å²) >= 11 is 0. The van der Waals surface area contributed by atoms with Crippen LogP contribution in [0.2, 0.25) is 0 Å². The fourth-order valence-corrected chi connectivity index (χ4v) is 4.22. The second-order valence-corrected chi connectivity index (χ2v) is 8.80. The Morgan fingerprint density at radius 1 is 1.26 bits per heavy atom. The van der Waals surface area contributed by atoms with Crippen molar-refractivity contribution < 1.29 is 9.59 Å². The first kappa shape index (κ1) is 21.1. The van der Waals surface area contributed by atoms with Gasteiger partial charge < -0.3 is 10.2 Å². The third-order valence-electron chi connectivity index (χ3n) is 6.09. The molecular weight excluding hydrogens is 388 g/mol. The average molecular weight is 419 g/mol. The van der Waals surface area contributed by atoms with Crippen LogP contribution in [0, 0.1) is 5.92 Å². The molecule has 162 valence electrons. The number of hydrogen-bond donors (Lipinski definition) is 2. The summed E-state index contributed by atoms with van der Waals surface area (Å²) in [4.78, 5) is 26.8. The van der Waals surface area contributed by atoms with Gasteiger partial charge in [-0.15, -0.1) is 0 Å². The van der Waals surface area contributed by atoms with Gasteiger partial charge in [0.1, 0.15) is 0 Å². The predicted octanol–water partition coefficient (Wildman–Crippen LogP) is 4.47. The van der Waals surface area contributed by atoms with Crippen molar-refractivity contribution in [3.8, 4) is 0 Å². The monoisotopic (exact) mass is 418 g/mol. The largest absolute Gasteiger partial charge is 0.335 e. The highest BCUT2D eigenvalue weighted by molar-refractivity contribution is 5.95. The molecule has 0 spiro atoms. The van der Waals surface area contributed by atoms with Crippen molar-refractivity contribution in [2.75, 3.05) is 18.4 Å². The molecule has 2 heterocycles. The van der Waals surface area contributed by atoms with E-state index in [0.717, 1.165) is 35.4 Å². The van der Waals surface area contributed by atoms with E-state index in [0.29, 0.717) is 18.3 Å². The summed E-state index contributed by atoms with van der Waals surface area (Å²) < 4.78 is 0. The average Bonchev–Trinajstić information content (AvgIpc) is 3.53. The van der Waals surface area contributed by atoms with Crippen LogP contribution in [0.4, 0.5) is 5.82 Å². The molecule has 2 N–H and O–H groups in total. The third-order valence-corrected chi connectivity index (χ3v) is 6.09. The molecule has 2 amide bonds. The molecule has 4 rings (SSSR count). The number of hydrogen-bond acceptors (Lipinski definition) is 3. The van der Waals surface area contributed by atoms with Gasteiger partial charge in [0.05, 0.1) is 5.92 Å². The van der Waals surface area contributed by atoms with Crippen LogP contribution in [0.5, 0.6) is 0 Å². The van der Waals surface area contributed by atoms with Crippen molar-refractivity contribution >= 4 is 23.2 Å². The van der Waals surface area contributed by atoms with Crippen LogP contribution in [0.15, 0.2) is 49.1 Å². The van der Waals surface area contributed by atoms with E-state index in [2.05, 4.69) is 42.0 Å². The Bertz CT molecular complexity index is 999. The topological polar surface area (TPSA) is 78.1 Å². The normalized spacial score (nSPS) is 17.3. The zero-order chi connectivity index (χ0) is 22.0. The summed E-state index contributed by atoms with van der Waals surface area (Å²) in [7, 11) is 0. The lowest BCUT2D eigenvalue weighted by molar-refractivity contribution is -0.125. The van der Waals surface area contributed by atoms with E-state index >= 15 is 0 Å². The van der Waals surface area contributed by atoms with Crippen molar-refractivity contribution in [3.63, 3.8) is 0 Å². The molecule has 1 aromatic heterocycles. The fourth-order valence-electron chi connectivity index (χ4n) is 4.22. The molecule has 1 unspecified atom stereocenters.